The standard InChI is InChI=1S/C21H19NO5/c1-3-26-16-7-5-15(6-8-16)22-20(23)11-4-14-13-27-19-12-17(25-2)9-10-18(19)21(14)24/h4-13H,3H2,1-2H3,(H,22,23)/b11-4+. The second-order valence-electron chi connectivity index (χ2n) is 5.66. The smallest absolute Gasteiger partial charge is 0.248 e. The number of benzene rings is 2. The van der Waals surface area contributed by atoms with E-state index in [-0.39, 0.29) is 16.9 Å². The van der Waals surface area contributed by atoms with Gasteiger partial charge in [0.25, 0.3) is 0 Å². The fourth-order valence-electron chi connectivity index (χ4n) is 2.52. The fraction of sp³-hybridized carbons (Fsp3) is 0.143. The number of anilines is 1. The van der Waals surface area contributed by atoms with Crippen molar-refractivity contribution < 1.29 is 18.7 Å². The molecule has 138 valence electrons. The number of nitrogens with one attached hydrogen (secondary N) is 1. The number of rotatable bonds is 6. The highest BCUT2D eigenvalue weighted by molar-refractivity contribution is 6.02. The van der Waals surface area contributed by atoms with Crippen LogP contribution in [0.2, 0.25) is 0 Å². The van der Waals surface area contributed by atoms with Crippen molar-refractivity contribution >= 4 is 28.6 Å². The molecule has 3 rings (SSSR count). The van der Waals surface area contributed by atoms with Crippen LogP contribution in [0.15, 0.2) is 64.0 Å². The molecule has 1 amide bonds. The lowest BCUT2D eigenvalue weighted by Gasteiger charge is -2.05. The first kappa shape index (κ1) is 18.3. The Bertz CT molecular complexity index is 1030. The molecule has 0 bridgehead atoms. The van der Waals surface area contributed by atoms with Crippen molar-refractivity contribution in [3.8, 4) is 11.5 Å². The number of hydrogen-bond donors (Lipinski definition) is 1. The minimum atomic E-state index is -0.353. The van der Waals surface area contributed by atoms with E-state index in [4.69, 9.17) is 13.9 Å². The molecule has 27 heavy (non-hydrogen) atoms. The van der Waals surface area contributed by atoms with Gasteiger partial charge >= 0.3 is 0 Å². The largest absolute Gasteiger partial charge is 0.497 e. The van der Waals surface area contributed by atoms with Crippen LogP contribution < -0.4 is 20.2 Å². The van der Waals surface area contributed by atoms with Gasteiger partial charge in [0.05, 0.1) is 24.7 Å². The highest BCUT2D eigenvalue weighted by atomic mass is 16.5. The predicted octanol–water partition coefficient (Wildman–Crippen LogP) is 3.85. The van der Waals surface area contributed by atoms with E-state index in [1.165, 1.54) is 18.4 Å². The van der Waals surface area contributed by atoms with Crippen molar-refractivity contribution in [3.05, 3.63) is 70.6 Å². The van der Waals surface area contributed by atoms with E-state index in [1.807, 2.05) is 6.92 Å². The van der Waals surface area contributed by atoms with E-state index in [0.717, 1.165) is 5.75 Å². The molecule has 6 nitrogen and oxygen atoms in total. The highest BCUT2D eigenvalue weighted by Crippen LogP contribution is 2.19. The van der Waals surface area contributed by atoms with Crippen LogP contribution in [-0.2, 0) is 4.79 Å². The summed E-state index contributed by atoms with van der Waals surface area (Å²) in [7, 11) is 1.54. The van der Waals surface area contributed by atoms with Gasteiger partial charge in [-0.15, -0.1) is 0 Å². The Morgan fingerprint density at radius 2 is 1.89 bits per heavy atom. The van der Waals surface area contributed by atoms with Crippen LogP contribution in [0.3, 0.4) is 0 Å². The molecule has 0 saturated carbocycles. The third-order valence-corrected chi connectivity index (χ3v) is 3.86. The van der Waals surface area contributed by atoms with Gasteiger partial charge in [0, 0.05) is 17.8 Å². The summed E-state index contributed by atoms with van der Waals surface area (Å²) in [5, 5.41) is 3.14. The van der Waals surface area contributed by atoms with Gasteiger partial charge in [0.1, 0.15) is 23.3 Å². The molecule has 0 aliphatic rings. The summed E-state index contributed by atoms with van der Waals surface area (Å²) in [5.74, 6) is 0.980. The van der Waals surface area contributed by atoms with Crippen LogP contribution in [0.4, 0.5) is 5.69 Å². The Morgan fingerprint density at radius 1 is 1.15 bits per heavy atom. The predicted molar refractivity (Wildman–Crippen MR) is 104 cm³/mol. The van der Waals surface area contributed by atoms with Crippen molar-refractivity contribution in [2.45, 2.75) is 6.92 Å². The SMILES string of the molecule is CCOc1ccc(NC(=O)/C=C/c2coc3cc(OC)ccc3c2=O)cc1. The van der Waals surface area contributed by atoms with Gasteiger partial charge in [-0.05, 0) is 49.4 Å². The van der Waals surface area contributed by atoms with E-state index in [1.54, 1.807) is 49.6 Å². The van der Waals surface area contributed by atoms with Crippen molar-refractivity contribution in [3.63, 3.8) is 0 Å². The summed E-state index contributed by atoms with van der Waals surface area (Å²) >= 11 is 0. The molecule has 0 aliphatic heterocycles. The lowest BCUT2D eigenvalue weighted by Crippen LogP contribution is -2.09. The highest BCUT2D eigenvalue weighted by Gasteiger charge is 2.07. The van der Waals surface area contributed by atoms with Crippen molar-refractivity contribution in [1.29, 1.82) is 0 Å². The number of amides is 1. The minimum absolute atomic E-state index is 0.218. The van der Waals surface area contributed by atoms with Gasteiger partial charge < -0.3 is 19.2 Å². The summed E-state index contributed by atoms with van der Waals surface area (Å²) in [6.45, 7) is 2.48. The Hall–Kier alpha value is -3.54. The number of hydrogen-bond acceptors (Lipinski definition) is 5. The maximum atomic E-state index is 12.5. The number of carbonyl (C=O) groups excluding carboxylic acids is 1. The van der Waals surface area contributed by atoms with Gasteiger partial charge in [-0.1, -0.05) is 0 Å². The average molecular weight is 365 g/mol. The zero-order chi connectivity index (χ0) is 19.2. The summed E-state index contributed by atoms with van der Waals surface area (Å²) in [6, 6.07) is 12.0. The van der Waals surface area contributed by atoms with Crippen LogP contribution in [0.1, 0.15) is 12.5 Å². The number of carbonyl (C=O) groups is 1. The van der Waals surface area contributed by atoms with Crippen molar-refractivity contribution in [2.75, 3.05) is 19.0 Å². The lowest BCUT2D eigenvalue weighted by atomic mass is 10.1. The minimum Gasteiger partial charge on any atom is -0.497 e. The third-order valence-electron chi connectivity index (χ3n) is 3.86. The van der Waals surface area contributed by atoms with Crippen LogP contribution >= 0.6 is 0 Å². The molecule has 0 aliphatic carbocycles. The Labute approximate surface area is 156 Å². The number of ether oxygens (including phenoxy) is 2. The maximum Gasteiger partial charge on any atom is 0.248 e. The Balaban J connectivity index is 1.74. The fourth-order valence-corrected chi connectivity index (χ4v) is 2.52. The molecule has 6 heteroatoms. The number of fused-ring (bicyclic) bond motifs is 1. The Morgan fingerprint density at radius 3 is 2.59 bits per heavy atom. The van der Waals surface area contributed by atoms with Crippen molar-refractivity contribution in [1.82, 2.24) is 0 Å². The van der Waals surface area contributed by atoms with Gasteiger partial charge in [-0.25, -0.2) is 0 Å². The van der Waals surface area contributed by atoms with Crippen LogP contribution in [0.25, 0.3) is 17.0 Å². The zero-order valence-corrected chi connectivity index (χ0v) is 15.0. The second-order valence-corrected chi connectivity index (χ2v) is 5.66. The van der Waals surface area contributed by atoms with E-state index < -0.39 is 0 Å². The molecule has 0 saturated heterocycles. The van der Waals surface area contributed by atoms with Gasteiger partial charge in [0.2, 0.25) is 5.91 Å². The topological polar surface area (TPSA) is 77.8 Å². The third kappa shape index (κ3) is 4.36. The van der Waals surface area contributed by atoms with Gasteiger partial charge in [-0.2, -0.15) is 0 Å². The maximum absolute atomic E-state index is 12.5. The molecule has 0 unspecified atom stereocenters. The van der Waals surface area contributed by atoms with E-state index >= 15 is 0 Å². The molecule has 1 heterocycles. The normalized spacial score (nSPS) is 10.9. The molecule has 0 atom stereocenters. The van der Waals surface area contributed by atoms with Crippen LogP contribution in [0, 0.1) is 0 Å². The molecule has 1 N–H and O–H groups in total. The average Bonchev–Trinajstić information content (AvgIpc) is 2.69. The summed E-state index contributed by atoms with van der Waals surface area (Å²) in [5.41, 5.74) is 1.12. The quantitative estimate of drug-likeness (QED) is 0.671. The van der Waals surface area contributed by atoms with E-state index in [2.05, 4.69) is 5.32 Å². The molecule has 1 aromatic heterocycles. The summed E-state index contributed by atoms with van der Waals surface area (Å²) in [6.07, 6.45) is 4.04. The van der Waals surface area contributed by atoms with Crippen LogP contribution in [0.5, 0.6) is 11.5 Å². The molecular formula is C21H19NO5. The molecule has 3 aromatic rings. The van der Waals surface area contributed by atoms with Gasteiger partial charge in [-0.3, -0.25) is 9.59 Å². The molecular weight excluding hydrogens is 346 g/mol. The van der Waals surface area contributed by atoms with E-state index in [9.17, 15) is 9.59 Å². The first-order chi connectivity index (χ1) is 13.1. The molecule has 2 aromatic carbocycles. The molecule has 0 fully saturated rings. The van der Waals surface area contributed by atoms with Crippen molar-refractivity contribution in [2.24, 2.45) is 0 Å². The second kappa shape index (κ2) is 8.23. The lowest BCUT2D eigenvalue weighted by molar-refractivity contribution is -0.111. The van der Waals surface area contributed by atoms with Gasteiger partial charge in [0.15, 0.2) is 5.43 Å². The van der Waals surface area contributed by atoms with E-state index in [0.29, 0.717) is 29.0 Å². The number of methoxy groups -OCH3 is 1. The monoisotopic (exact) mass is 365 g/mol. The first-order valence-electron chi connectivity index (χ1n) is 8.42. The first-order valence-corrected chi connectivity index (χ1v) is 8.42. The Kier molecular flexibility index (Phi) is 5.56. The summed E-state index contributed by atoms with van der Waals surface area (Å²) < 4.78 is 15.9. The van der Waals surface area contributed by atoms with Crippen LogP contribution in [-0.4, -0.2) is 19.6 Å². The zero-order valence-electron chi connectivity index (χ0n) is 15.0. The summed E-state index contributed by atoms with van der Waals surface area (Å²) in [4.78, 5) is 24.6. The molecule has 0 spiro atoms. The molecule has 0 radical (unpaired) electrons.